The Hall–Kier alpha value is -0.820. The Morgan fingerprint density at radius 1 is 0.842 bits per heavy atom. The van der Waals surface area contributed by atoms with Crippen LogP contribution < -0.4 is 5.32 Å². The maximum Gasteiger partial charge on any atom is 0.00965 e. The lowest BCUT2D eigenvalue weighted by Crippen LogP contribution is -2.36. The SMILES string of the molecule is CCCCc1ccc(CCCCNC(C)(C)C)cc1. The Kier molecular flexibility index (Phi) is 7.15. The molecule has 0 aliphatic carbocycles. The first-order chi connectivity index (χ1) is 9.01. The normalized spacial score (nSPS) is 11.8. The van der Waals surface area contributed by atoms with Crippen LogP contribution in [0.2, 0.25) is 0 Å². The van der Waals surface area contributed by atoms with E-state index in [4.69, 9.17) is 0 Å². The highest BCUT2D eigenvalue weighted by Gasteiger charge is 2.06. The highest BCUT2D eigenvalue weighted by Crippen LogP contribution is 2.10. The molecule has 0 bridgehead atoms. The Bertz CT molecular complexity index is 332. The Morgan fingerprint density at radius 2 is 1.37 bits per heavy atom. The van der Waals surface area contributed by atoms with Crippen LogP contribution >= 0.6 is 0 Å². The summed E-state index contributed by atoms with van der Waals surface area (Å²) in [6, 6.07) is 9.22. The molecule has 1 heteroatoms. The maximum absolute atomic E-state index is 3.54. The smallest absolute Gasteiger partial charge is 0.00965 e. The number of rotatable bonds is 8. The summed E-state index contributed by atoms with van der Waals surface area (Å²) in [5.41, 5.74) is 3.22. The zero-order valence-corrected chi connectivity index (χ0v) is 13.3. The number of benzene rings is 1. The van der Waals surface area contributed by atoms with Crippen molar-refractivity contribution in [3.05, 3.63) is 35.4 Å². The fourth-order valence-corrected chi connectivity index (χ4v) is 2.17. The van der Waals surface area contributed by atoms with Crippen LogP contribution in [0, 0.1) is 0 Å². The van der Waals surface area contributed by atoms with Gasteiger partial charge in [0.15, 0.2) is 0 Å². The van der Waals surface area contributed by atoms with Crippen molar-refractivity contribution in [1.82, 2.24) is 5.32 Å². The molecule has 1 aromatic carbocycles. The van der Waals surface area contributed by atoms with Gasteiger partial charge in [-0.1, -0.05) is 37.6 Å². The molecule has 1 N–H and O–H groups in total. The van der Waals surface area contributed by atoms with Crippen LogP contribution in [0.15, 0.2) is 24.3 Å². The van der Waals surface area contributed by atoms with Gasteiger partial charge in [-0.2, -0.15) is 0 Å². The fraction of sp³-hybridized carbons (Fsp3) is 0.667. The van der Waals surface area contributed by atoms with Crippen LogP contribution in [0.25, 0.3) is 0 Å². The third-order valence-corrected chi connectivity index (χ3v) is 3.39. The van der Waals surface area contributed by atoms with E-state index in [9.17, 15) is 0 Å². The van der Waals surface area contributed by atoms with E-state index in [1.165, 1.54) is 49.7 Å². The Labute approximate surface area is 119 Å². The highest BCUT2D eigenvalue weighted by atomic mass is 14.9. The second-order valence-corrected chi connectivity index (χ2v) is 6.55. The number of hydrogen-bond donors (Lipinski definition) is 1. The molecular weight excluding hydrogens is 230 g/mol. The topological polar surface area (TPSA) is 12.0 Å². The van der Waals surface area contributed by atoms with Gasteiger partial charge < -0.3 is 5.32 Å². The van der Waals surface area contributed by atoms with Crippen LogP contribution in [0.1, 0.15) is 64.5 Å². The Morgan fingerprint density at radius 3 is 1.84 bits per heavy atom. The van der Waals surface area contributed by atoms with Crippen LogP contribution in [0.5, 0.6) is 0 Å². The van der Waals surface area contributed by atoms with Crippen LogP contribution in [0.3, 0.4) is 0 Å². The molecule has 0 aliphatic heterocycles. The summed E-state index contributed by atoms with van der Waals surface area (Å²) in [5, 5.41) is 3.54. The van der Waals surface area contributed by atoms with E-state index in [2.05, 4.69) is 57.3 Å². The zero-order chi connectivity index (χ0) is 14.1. The van der Waals surface area contributed by atoms with Crippen LogP contribution in [0.4, 0.5) is 0 Å². The molecule has 1 nitrogen and oxygen atoms in total. The monoisotopic (exact) mass is 261 g/mol. The number of hydrogen-bond acceptors (Lipinski definition) is 1. The summed E-state index contributed by atoms with van der Waals surface area (Å²) >= 11 is 0. The van der Waals surface area contributed by atoms with E-state index in [0.29, 0.717) is 0 Å². The molecule has 0 heterocycles. The van der Waals surface area contributed by atoms with E-state index < -0.39 is 0 Å². The van der Waals surface area contributed by atoms with Gasteiger partial charge in [-0.25, -0.2) is 0 Å². The molecule has 108 valence electrons. The number of aryl methyl sites for hydroxylation is 2. The van der Waals surface area contributed by atoms with E-state index in [1.807, 2.05) is 0 Å². The molecule has 0 unspecified atom stereocenters. The second-order valence-electron chi connectivity index (χ2n) is 6.55. The minimum atomic E-state index is 0.251. The average molecular weight is 261 g/mol. The van der Waals surface area contributed by atoms with E-state index in [0.717, 1.165) is 6.54 Å². The van der Waals surface area contributed by atoms with Gasteiger partial charge in [-0.3, -0.25) is 0 Å². The summed E-state index contributed by atoms with van der Waals surface area (Å²) in [6.45, 7) is 10.0. The van der Waals surface area contributed by atoms with Gasteiger partial charge in [0.2, 0.25) is 0 Å². The third-order valence-electron chi connectivity index (χ3n) is 3.39. The molecule has 0 saturated carbocycles. The molecule has 0 atom stereocenters. The molecule has 0 spiro atoms. The largest absolute Gasteiger partial charge is 0.312 e. The summed E-state index contributed by atoms with van der Waals surface area (Å²) in [5.74, 6) is 0. The molecule has 0 fully saturated rings. The second kappa shape index (κ2) is 8.37. The molecule has 0 aromatic heterocycles. The molecule has 1 aromatic rings. The lowest BCUT2D eigenvalue weighted by Gasteiger charge is -2.20. The summed E-state index contributed by atoms with van der Waals surface area (Å²) in [6.07, 6.45) is 7.55. The number of nitrogens with one attached hydrogen (secondary N) is 1. The van der Waals surface area contributed by atoms with E-state index >= 15 is 0 Å². The molecule has 0 radical (unpaired) electrons. The van der Waals surface area contributed by atoms with Gasteiger partial charge in [0.05, 0.1) is 0 Å². The van der Waals surface area contributed by atoms with Gasteiger partial charge >= 0.3 is 0 Å². The van der Waals surface area contributed by atoms with Crippen molar-refractivity contribution in [3.63, 3.8) is 0 Å². The van der Waals surface area contributed by atoms with Crippen LogP contribution in [-0.2, 0) is 12.8 Å². The fourth-order valence-electron chi connectivity index (χ4n) is 2.17. The minimum absolute atomic E-state index is 0.251. The molecule has 19 heavy (non-hydrogen) atoms. The highest BCUT2D eigenvalue weighted by molar-refractivity contribution is 5.22. The molecule has 0 amide bonds. The predicted molar refractivity (Wildman–Crippen MR) is 85.7 cm³/mol. The molecular formula is C18H31N. The van der Waals surface area contributed by atoms with Gasteiger partial charge in [-0.15, -0.1) is 0 Å². The first kappa shape index (κ1) is 16.2. The van der Waals surface area contributed by atoms with Crippen LogP contribution in [-0.4, -0.2) is 12.1 Å². The quantitative estimate of drug-likeness (QED) is 0.666. The minimum Gasteiger partial charge on any atom is -0.312 e. The van der Waals surface area contributed by atoms with E-state index in [1.54, 1.807) is 0 Å². The average Bonchev–Trinajstić information content (AvgIpc) is 2.36. The molecule has 1 rings (SSSR count). The number of unbranched alkanes of at least 4 members (excludes halogenated alkanes) is 2. The van der Waals surface area contributed by atoms with Crippen molar-refractivity contribution in [3.8, 4) is 0 Å². The van der Waals surface area contributed by atoms with Crippen molar-refractivity contribution in [2.24, 2.45) is 0 Å². The standard InChI is InChI=1S/C18H31N/c1-5-6-9-16-11-13-17(14-12-16)10-7-8-15-19-18(2,3)4/h11-14,19H,5-10,15H2,1-4H3. The molecule has 0 saturated heterocycles. The first-order valence-electron chi connectivity index (χ1n) is 7.84. The van der Waals surface area contributed by atoms with Gasteiger partial charge in [0.1, 0.15) is 0 Å². The van der Waals surface area contributed by atoms with Gasteiger partial charge in [0.25, 0.3) is 0 Å². The van der Waals surface area contributed by atoms with Crippen molar-refractivity contribution < 1.29 is 0 Å². The van der Waals surface area contributed by atoms with Crippen molar-refractivity contribution >= 4 is 0 Å². The Balaban J connectivity index is 2.19. The lowest BCUT2D eigenvalue weighted by atomic mass is 10.0. The zero-order valence-electron chi connectivity index (χ0n) is 13.3. The van der Waals surface area contributed by atoms with Gasteiger partial charge in [0, 0.05) is 5.54 Å². The van der Waals surface area contributed by atoms with Crippen molar-refractivity contribution in [2.75, 3.05) is 6.54 Å². The molecule has 0 aliphatic rings. The lowest BCUT2D eigenvalue weighted by molar-refractivity contribution is 0.419. The maximum atomic E-state index is 3.54. The third kappa shape index (κ3) is 8.05. The van der Waals surface area contributed by atoms with Crippen molar-refractivity contribution in [2.45, 2.75) is 71.8 Å². The van der Waals surface area contributed by atoms with Crippen molar-refractivity contribution in [1.29, 1.82) is 0 Å². The van der Waals surface area contributed by atoms with E-state index in [-0.39, 0.29) is 5.54 Å². The predicted octanol–water partition coefficient (Wildman–Crippen LogP) is 4.74. The summed E-state index contributed by atoms with van der Waals surface area (Å²) in [7, 11) is 0. The summed E-state index contributed by atoms with van der Waals surface area (Å²) in [4.78, 5) is 0. The summed E-state index contributed by atoms with van der Waals surface area (Å²) < 4.78 is 0. The van der Waals surface area contributed by atoms with Gasteiger partial charge in [-0.05, 0) is 70.5 Å². The first-order valence-corrected chi connectivity index (χ1v) is 7.84.